The van der Waals surface area contributed by atoms with Gasteiger partial charge in [0.15, 0.2) is 0 Å². The van der Waals surface area contributed by atoms with Crippen molar-refractivity contribution in [2.45, 2.75) is 44.8 Å². The van der Waals surface area contributed by atoms with Gasteiger partial charge in [-0.1, -0.05) is 0 Å². The second-order valence-corrected chi connectivity index (χ2v) is 3.97. The van der Waals surface area contributed by atoms with Crippen molar-refractivity contribution in [1.82, 2.24) is 4.90 Å². The number of ether oxygens (including phenoxy) is 1. The quantitative estimate of drug-likeness (QED) is 0.611. The standard InChI is InChI=1S/C10H17NO2/c1-8(12)11-6-2-4-9(11)10-5-3-7-13-10/h9-10H,2-7H2,1H3. The zero-order valence-electron chi connectivity index (χ0n) is 8.16. The maximum atomic E-state index is 11.3. The maximum Gasteiger partial charge on any atom is 0.219 e. The molecule has 0 aromatic rings. The highest BCUT2D eigenvalue weighted by Crippen LogP contribution is 2.27. The Balaban J connectivity index is 2.00. The summed E-state index contributed by atoms with van der Waals surface area (Å²) < 4.78 is 5.62. The van der Waals surface area contributed by atoms with Crippen LogP contribution in [0.15, 0.2) is 0 Å². The number of amides is 1. The summed E-state index contributed by atoms with van der Waals surface area (Å²) in [6, 6.07) is 0.375. The van der Waals surface area contributed by atoms with Crippen LogP contribution < -0.4 is 0 Å². The van der Waals surface area contributed by atoms with Crippen molar-refractivity contribution in [1.29, 1.82) is 0 Å². The summed E-state index contributed by atoms with van der Waals surface area (Å²) in [6.07, 6.45) is 4.89. The fourth-order valence-electron chi connectivity index (χ4n) is 2.48. The van der Waals surface area contributed by atoms with Gasteiger partial charge in [0.25, 0.3) is 0 Å². The smallest absolute Gasteiger partial charge is 0.219 e. The Labute approximate surface area is 79.0 Å². The molecule has 13 heavy (non-hydrogen) atoms. The molecular formula is C10H17NO2. The van der Waals surface area contributed by atoms with E-state index in [1.165, 1.54) is 0 Å². The van der Waals surface area contributed by atoms with Gasteiger partial charge >= 0.3 is 0 Å². The lowest BCUT2D eigenvalue weighted by Crippen LogP contribution is -2.41. The van der Waals surface area contributed by atoms with Gasteiger partial charge < -0.3 is 9.64 Å². The molecule has 0 N–H and O–H groups in total. The minimum Gasteiger partial charge on any atom is -0.376 e. The Morgan fingerprint density at radius 2 is 2.23 bits per heavy atom. The molecule has 2 aliphatic heterocycles. The minimum atomic E-state index is 0.206. The third kappa shape index (κ3) is 1.70. The van der Waals surface area contributed by atoms with Crippen LogP contribution in [0.5, 0.6) is 0 Å². The number of nitrogens with zero attached hydrogens (tertiary/aromatic N) is 1. The number of hydrogen-bond donors (Lipinski definition) is 0. The molecule has 2 rings (SSSR count). The highest BCUT2D eigenvalue weighted by molar-refractivity contribution is 5.74. The van der Waals surface area contributed by atoms with Crippen molar-refractivity contribution in [3.63, 3.8) is 0 Å². The largest absolute Gasteiger partial charge is 0.376 e. The number of rotatable bonds is 1. The van der Waals surface area contributed by atoms with Crippen molar-refractivity contribution in [3.05, 3.63) is 0 Å². The molecule has 0 aliphatic carbocycles. The van der Waals surface area contributed by atoms with Crippen LogP contribution in [0.3, 0.4) is 0 Å². The molecule has 0 aromatic carbocycles. The molecule has 74 valence electrons. The third-order valence-electron chi connectivity index (χ3n) is 3.10. The monoisotopic (exact) mass is 183 g/mol. The zero-order valence-corrected chi connectivity index (χ0v) is 8.16. The van der Waals surface area contributed by atoms with Gasteiger partial charge in [0, 0.05) is 20.1 Å². The van der Waals surface area contributed by atoms with Crippen molar-refractivity contribution in [3.8, 4) is 0 Å². The van der Waals surface area contributed by atoms with Crippen molar-refractivity contribution in [2.24, 2.45) is 0 Å². The first-order valence-electron chi connectivity index (χ1n) is 5.18. The second kappa shape index (κ2) is 3.66. The van der Waals surface area contributed by atoms with E-state index < -0.39 is 0 Å². The minimum absolute atomic E-state index is 0.206. The van der Waals surface area contributed by atoms with E-state index in [1.54, 1.807) is 6.92 Å². The Bertz CT molecular complexity index is 199. The van der Waals surface area contributed by atoms with Crippen LogP contribution in [0.1, 0.15) is 32.6 Å². The van der Waals surface area contributed by atoms with Crippen LogP contribution in [0.2, 0.25) is 0 Å². The number of carbonyl (C=O) groups excluding carboxylic acids is 1. The van der Waals surface area contributed by atoms with Crippen molar-refractivity contribution in [2.75, 3.05) is 13.2 Å². The average molecular weight is 183 g/mol. The summed E-state index contributed by atoms with van der Waals surface area (Å²) in [4.78, 5) is 13.3. The molecule has 0 bridgehead atoms. The fraction of sp³-hybridized carbons (Fsp3) is 0.900. The van der Waals surface area contributed by atoms with Crippen molar-refractivity contribution >= 4 is 5.91 Å². The van der Waals surface area contributed by atoms with Gasteiger partial charge in [-0.3, -0.25) is 4.79 Å². The Kier molecular flexibility index (Phi) is 2.54. The van der Waals surface area contributed by atoms with E-state index in [-0.39, 0.29) is 5.91 Å². The highest BCUT2D eigenvalue weighted by Gasteiger charge is 2.35. The Morgan fingerprint density at radius 1 is 1.38 bits per heavy atom. The lowest BCUT2D eigenvalue weighted by Gasteiger charge is -2.27. The molecule has 0 saturated carbocycles. The van der Waals surface area contributed by atoms with E-state index in [0.717, 1.165) is 38.8 Å². The van der Waals surface area contributed by atoms with Gasteiger partial charge in [0.1, 0.15) is 0 Å². The van der Waals surface area contributed by atoms with Crippen LogP contribution in [0, 0.1) is 0 Å². The van der Waals surface area contributed by atoms with Gasteiger partial charge in [0.2, 0.25) is 5.91 Å². The summed E-state index contributed by atoms with van der Waals surface area (Å²) in [7, 11) is 0. The fourth-order valence-corrected chi connectivity index (χ4v) is 2.48. The van der Waals surface area contributed by atoms with E-state index in [9.17, 15) is 4.79 Å². The number of hydrogen-bond acceptors (Lipinski definition) is 2. The first-order valence-corrected chi connectivity index (χ1v) is 5.18. The van der Waals surface area contributed by atoms with Gasteiger partial charge in [-0.15, -0.1) is 0 Å². The van der Waals surface area contributed by atoms with E-state index in [0.29, 0.717) is 12.1 Å². The lowest BCUT2D eigenvalue weighted by atomic mass is 10.1. The topological polar surface area (TPSA) is 29.5 Å². The molecule has 2 fully saturated rings. The SMILES string of the molecule is CC(=O)N1CCCC1C1CCCO1. The lowest BCUT2D eigenvalue weighted by molar-refractivity contribution is -0.131. The van der Waals surface area contributed by atoms with E-state index in [2.05, 4.69) is 0 Å². The van der Waals surface area contributed by atoms with E-state index in [1.807, 2.05) is 4.90 Å². The molecule has 2 heterocycles. The predicted octanol–water partition coefficient (Wildman–Crippen LogP) is 1.18. The van der Waals surface area contributed by atoms with Crippen LogP contribution in [-0.2, 0) is 9.53 Å². The molecule has 2 unspecified atom stereocenters. The number of carbonyl (C=O) groups is 1. The summed E-state index contributed by atoms with van der Waals surface area (Å²) in [6.45, 7) is 3.47. The molecule has 0 spiro atoms. The van der Waals surface area contributed by atoms with Crippen LogP contribution in [0.4, 0.5) is 0 Å². The van der Waals surface area contributed by atoms with Crippen molar-refractivity contribution < 1.29 is 9.53 Å². The van der Waals surface area contributed by atoms with E-state index in [4.69, 9.17) is 4.74 Å². The summed E-state index contributed by atoms with van der Waals surface area (Å²) in [5, 5.41) is 0. The molecule has 2 aliphatic rings. The molecule has 1 amide bonds. The normalized spacial score (nSPS) is 34.1. The first-order chi connectivity index (χ1) is 6.29. The molecule has 2 atom stereocenters. The zero-order chi connectivity index (χ0) is 9.26. The molecule has 3 nitrogen and oxygen atoms in total. The average Bonchev–Trinajstić information content (AvgIpc) is 2.74. The number of likely N-dealkylation sites (tertiary alicyclic amines) is 1. The van der Waals surface area contributed by atoms with Crippen LogP contribution in [-0.4, -0.2) is 36.1 Å². The van der Waals surface area contributed by atoms with E-state index >= 15 is 0 Å². The van der Waals surface area contributed by atoms with Crippen LogP contribution >= 0.6 is 0 Å². The summed E-state index contributed by atoms with van der Waals surface area (Å²) in [5.41, 5.74) is 0. The molecule has 3 heteroatoms. The third-order valence-corrected chi connectivity index (χ3v) is 3.10. The van der Waals surface area contributed by atoms with Crippen LogP contribution in [0.25, 0.3) is 0 Å². The predicted molar refractivity (Wildman–Crippen MR) is 49.4 cm³/mol. The molecule has 0 radical (unpaired) electrons. The van der Waals surface area contributed by atoms with Gasteiger partial charge in [0.05, 0.1) is 12.1 Å². The summed E-state index contributed by atoms with van der Waals surface area (Å²) >= 11 is 0. The molecule has 0 aromatic heterocycles. The molecule has 2 saturated heterocycles. The second-order valence-electron chi connectivity index (χ2n) is 3.97. The Hall–Kier alpha value is -0.570. The van der Waals surface area contributed by atoms with Gasteiger partial charge in [-0.05, 0) is 25.7 Å². The van der Waals surface area contributed by atoms with Gasteiger partial charge in [-0.2, -0.15) is 0 Å². The summed E-state index contributed by atoms with van der Waals surface area (Å²) in [5.74, 6) is 0.206. The Morgan fingerprint density at radius 3 is 2.85 bits per heavy atom. The van der Waals surface area contributed by atoms with Gasteiger partial charge in [-0.25, -0.2) is 0 Å². The highest BCUT2D eigenvalue weighted by atomic mass is 16.5. The maximum absolute atomic E-state index is 11.3. The first kappa shape index (κ1) is 9.00. The molecular weight excluding hydrogens is 166 g/mol.